The average Bonchev–Trinajstić information content (AvgIpc) is 2.13. The molecule has 0 amide bonds. The van der Waals surface area contributed by atoms with E-state index in [0.29, 0.717) is 0 Å². The first kappa shape index (κ1) is 14.4. The first-order valence-electron chi connectivity index (χ1n) is 4.00. The third-order valence-corrected chi connectivity index (χ3v) is 2.62. The van der Waals surface area contributed by atoms with Crippen LogP contribution < -0.4 is 0 Å². The van der Waals surface area contributed by atoms with Crippen molar-refractivity contribution in [3.8, 4) is 0 Å². The number of rotatable bonds is 0. The summed E-state index contributed by atoms with van der Waals surface area (Å²) in [5.41, 5.74) is -5.12. The molecule has 0 aromatic rings. The highest BCUT2D eigenvalue weighted by Gasteiger charge is 2.93. The van der Waals surface area contributed by atoms with Gasteiger partial charge in [0.1, 0.15) is 0 Å². The van der Waals surface area contributed by atoms with Crippen molar-refractivity contribution < 1.29 is 43.9 Å². The van der Waals surface area contributed by atoms with Gasteiger partial charge >= 0.3 is 23.7 Å². The van der Waals surface area contributed by atoms with E-state index in [4.69, 9.17) is 0 Å². The molecule has 0 aliphatic heterocycles. The zero-order chi connectivity index (χ0) is 14.1. The van der Waals surface area contributed by atoms with E-state index >= 15 is 0 Å². The van der Waals surface area contributed by atoms with Crippen LogP contribution in [0.15, 0.2) is 0 Å². The summed E-state index contributed by atoms with van der Waals surface area (Å²) in [5, 5.41) is 0. The molecule has 1 aliphatic carbocycles. The summed E-state index contributed by atoms with van der Waals surface area (Å²) < 4.78 is 126. The van der Waals surface area contributed by atoms with Crippen LogP contribution in [0.1, 0.15) is 6.92 Å². The quantitative estimate of drug-likeness (QED) is 0.594. The van der Waals surface area contributed by atoms with Gasteiger partial charge in [0.05, 0.1) is 0 Å². The molecule has 0 aromatic heterocycles. The Labute approximate surface area is 87.6 Å². The maximum atomic E-state index is 13.0. The molecule has 102 valence electrons. The SMILES string of the molecule is CC1(F)C(F)C(F)(F)C(F)(F)C(F)(F)C1(F)F. The highest BCUT2D eigenvalue weighted by molar-refractivity contribution is 5.21. The Morgan fingerprint density at radius 1 is 0.647 bits per heavy atom. The molecular weight excluding hydrogens is 274 g/mol. The average molecular weight is 278 g/mol. The first-order valence-corrected chi connectivity index (χ1v) is 4.00. The predicted molar refractivity (Wildman–Crippen MR) is 34.2 cm³/mol. The summed E-state index contributed by atoms with van der Waals surface area (Å²) >= 11 is 0. The van der Waals surface area contributed by atoms with Gasteiger partial charge in [-0.05, 0) is 6.92 Å². The Morgan fingerprint density at radius 2 is 1.00 bits per heavy atom. The van der Waals surface area contributed by atoms with Gasteiger partial charge < -0.3 is 0 Å². The molecular formula is C7H4F10. The standard InChI is InChI=1S/C7H4F10/c1-3(9)2(8)4(10,11)6(14,15)7(16,17)5(3,12)13/h2H,1H3. The Hall–Kier alpha value is -0.700. The molecule has 0 spiro atoms. The highest BCUT2D eigenvalue weighted by atomic mass is 19.4. The Bertz CT molecular complexity index is 300. The van der Waals surface area contributed by atoms with E-state index in [2.05, 4.69) is 0 Å². The summed E-state index contributed by atoms with van der Waals surface area (Å²) in [4.78, 5) is 0. The van der Waals surface area contributed by atoms with Crippen molar-refractivity contribution >= 4 is 0 Å². The molecule has 1 fully saturated rings. The Balaban J connectivity index is 3.56. The lowest BCUT2D eigenvalue weighted by Crippen LogP contribution is -2.79. The number of hydrogen-bond acceptors (Lipinski definition) is 0. The van der Waals surface area contributed by atoms with Gasteiger partial charge in [0.15, 0.2) is 0 Å². The van der Waals surface area contributed by atoms with Crippen LogP contribution in [0.4, 0.5) is 43.9 Å². The van der Waals surface area contributed by atoms with Crippen LogP contribution in [0.25, 0.3) is 0 Å². The van der Waals surface area contributed by atoms with Crippen LogP contribution in [0, 0.1) is 0 Å². The van der Waals surface area contributed by atoms with Gasteiger partial charge in [-0.1, -0.05) is 0 Å². The molecule has 0 aromatic carbocycles. The van der Waals surface area contributed by atoms with Crippen LogP contribution >= 0.6 is 0 Å². The van der Waals surface area contributed by atoms with Crippen molar-refractivity contribution in [2.75, 3.05) is 0 Å². The fourth-order valence-corrected chi connectivity index (χ4v) is 1.37. The highest BCUT2D eigenvalue weighted by Crippen LogP contribution is 2.64. The molecule has 0 radical (unpaired) electrons. The molecule has 0 saturated heterocycles. The summed E-state index contributed by atoms with van der Waals surface area (Å²) in [6.07, 6.45) is -4.76. The van der Waals surface area contributed by atoms with E-state index in [1.807, 2.05) is 0 Å². The molecule has 2 unspecified atom stereocenters. The largest absolute Gasteiger partial charge is 0.381 e. The van der Waals surface area contributed by atoms with E-state index in [9.17, 15) is 43.9 Å². The molecule has 0 N–H and O–H groups in total. The van der Waals surface area contributed by atoms with Crippen molar-refractivity contribution in [1.29, 1.82) is 0 Å². The van der Waals surface area contributed by atoms with Gasteiger partial charge in [0, 0.05) is 0 Å². The van der Waals surface area contributed by atoms with Gasteiger partial charge in [-0.25, -0.2) is 8.78 Å². The summed E-state index contributed by atoms with van der Waals surface area (Å²) in [6.45, 7) is -0.616. The second kappa shape index (κ2) is 3.00. The summed E-state index contributed by atoms with van der Waals surface area (Å²) in [7, 11) is 0. The molecule has 2 atom stereocenters. The van der Waals surface area contributed by atoms with Crippen molar-refractivity contribution in [2.24, 2.45) is 0 Å². The van der Waals surface area contributed by atoms with E-state index < -0.39 is 42.5 Å². The first-order chi connectivity index (χ1) is 7.15. The molecule has 17 heavy (non-hydrogen) atoms. The molecule has 1 rings (SSSR count). The monoisotopic (exact) mass is 278 g/mol. The minimum Gasteiger partial charge on any atom is -0.237 e. The molecule has 1 aliphatic rings. The minimum atomic E-state index is -6.71. The Morgan fingerprint density at radius 3 is 1.35 bits per heavy atom. The maximum Gasteiger partial charge on any atom is 0.381 e. The zero-order valence-corrected chi connectivity index (χ0v) is 7.86. The van der Waals surface area contributed by atoms with Gasteiger partial charge in [-0.15, -0.1) is 0 Å². The molecule has 0 nitrogen and oxygen atoms in total. The minimum absolute atomic E-state index is 0.616. The van der Waals surface area contributed by atoms with E-state index in [0.717, 1.165) is 0 Å². The molecule has 0 bridgehead atoms. The molecule has 1 saturated carbocycles. The lowest BCUT2D eigenvalue weighted by molar-refractivity contribution is -0.439. The van der Waals surface area contributed by atoms with Crippen molar-refractivity contribution in [3.05, 3.63) is 0 Å². The van der Waals surface area contributed by atoms with E-state index in [1.165, 1.54) is 0 Å². The zero-order valence-electron chi connectivity index (χ0n) is 7.86. The van der Waals surface area contributed by atoms with Gasteiger partial charge in [0.25, 0.3) is 0 Å². The number of alkyl halides is 10. The summed E-state index contributed by atoms with van der Waals surface area (Å²) in [5.74, 6) is -25.9. The van der Waals surface area contributed by atoms with Crippen LogP contribution in [-0.4, -0.2) is 35.5 Å². The van der Waals surface area contributed by atoms with Crippen LogP contribution in [0.5, 0.6) is 0 Å². The van der Waals surface area contributed by atoms with Crippen molar-refractivity contribution in [1.82, 2.24) is 0 Å². The van der Waals surface area contributed by atoms with Crippen LogP contribution in [-0.2, 0) is 0 Å². The lowest BCUT2D eigenvalue weighted by Gasteiger charge is -2.49. The lowest BCUT2D eigenvalue weighted by atomic mass is 9.75. The number of hydrogen-bond donors (Lipinski definition) is 0. The van der Waals surface area contributed by atoms with E-state index in [-0.39, 0.29) is 0 Å². The summed E-state index contributed by atoms with van der Waals surface area (Å²) in [6, 6.07) is 0. The smallest absolute Gasteiger partial charge is 0.237 e. The second-order valence-corrected chi connectivity index (χ2v) is 3.78. The van der Waals surface area contributed by atoms with Crippen molar-refractivity contribution in [2.45, 2.75) is 42.5 Å². The predicted octanol–water partition coefficient (Wildman–Crippen LogP) is 3.61. The Kier molecular flexibility index (Phi) is 2.53. The van der Waals surface area contributed by atoms with Crippen LogP contribution in [0.3, 0.4) is 0 Å². The van der Waals surface area contributed by atoms with Gasteiger partial charge in [-0.3, -0.25) is 0 Å². The van der Waals surface area contributed by atoms with Gasteiger partial charge in [0.2, 0.25) is 11.8 Å². The second-order valence-electron chi connectivity index (χ2n) is 3.78. The molecule has 10 heteroatoms. The number of halogens is 10. The third kappa shape index (κ3) is 1.21. The topological polar surface area (TPSA) is 0 Å². The van der Waals surface area contributed by atoms with Crippen LogP contribution in [0.2, 0.25) is 0 Å². The fourth-order valence-electron chi connectivity index (χ4n) is 1.37. The normalized spacial score (nSPS) is 42.2. The fraction of sp³-hybridized carbons (Fsp3) is 1.00. The van der Waals surface area contributed by atoms with Gasteiger partial charge in [-0.2, -0.15) is 35.1 Å². The van der Waals surface area contributed by atoms with Crippen molar-refractivity contribution in [3.63, 3.8) is 0 Å². The third-order valence-electron chi connectivity index (χ3n) is 2.62. The van der Waals surface area contributed by atoms with E-state index in [1.54, 1.807) is 0 Å². The maximum absolute atomic E-state index is 13.0. The molecule has 0 heterocycles.